The van der Waals surface area contributed by atoms with Gasteiger partial charge in [-0.1, -0.05) is 6.42 Å². The van der Waals surface area contributed by atoms with E-state index in [2.05, 4.69) is 20.8 Å². The number of nitrogens with two attached hydrogens (primary N) is 1. The van der Waals surface area contributed by atoms with E-state index < -0.39 is 0 Å². The lowest BCUT2D eigenvalue weighted by Crippen LogP contribution is -2.25. The zero-order valence-electron chi connectivity index (χ0n) is 11.9. The Morgan fingerprint density at radius 1 is 1.35 bits per heavy atom. The number of hydrogen-bond donors (Lipinski definition) is 3. The molecule has 20 heavy (non-hydrogen) atoms. The Labute approximate surface area is 119 Å². The van der Waals surface area contributed by atoms with Gasteiger partial charge in [0.2, 0.25) is 0 Å². The minimum atomic E-state index is -0.189. The van der Waals surface area contributed by atoms with Crippen molar-refractivity contribution in [2.45, 2.75) is 26.2 Å². The molecule has 1 aromatic heterocycles. The largest absolute Gasteiger partial charge is 0.368 e. The predicted octanol–water partition coefficient (Wildman–Crippen LogP) is 1.01. The van der Waals surface area contributed by atoms with Crippen LogP contribution in [0.4, 0.5) is 5.82 Å². The molecule has 2 unspecified atom stereocenters. The fourth-order valence-corrected chi connectivity index (χ4v) is 2.73. The first-order chi connectivity index (χ1) is 9.74. The number of carbonyl (C=O) groups is 1. The topological polar surface area (TPSA) is 92.9 Å². The van der Waals surface area contributed by atoms with Gasteiger partial charge >= 0.3 is 0 Å². The van der Waals surface area contributed by atoms with Crippen molar-refractivity contribution in [3.8, 4) is 0 Å². The number of anilines is 1. The van der Waals surface area contributed by atoms with Gasteiger partial charge in [0.1, 0.15) is 5.82 Å². The summed E-state index contributed by atoms with van der Waals surface area (Å²) in [7, 11) is 0. The number of nitrogens with zero attached hydrogens (tertiary/aromatic N) is 2. The van der Waals surface area contributed by atoms with E-state index in [4.69, 9.17) is 5.73 Å². The smallest absolute Gasteiger partial charge is 0.271 e. The van der Waals surface area contributed by atoms with Crippen molar-refractivity contribution in [3.63, 3.8) is 0 Å². The third-order valence-electron chi connectivity index (χ3n) is 3.90. The lowest BCUT2D eigenvalue weighted by molar-refractivity contribution is 0.0950. The van der Waals surface area contributed by atoms with Crippen LogP contribution >= 0.6 is 0 Å². The van der Waals surface area contributed by atoms with Crippen molar-refractivity contribution in [2.75, 3.05) is 25.0 Å². The van der Waals surface area contributed by atoms with Crippen molar-refractivity contribution in [1.29, 1.82) is 0 Å². The van der Waals surface area contributed by atoms with Crippen LogP contribution in [0, 0.1) is 11.8 Å². The lowest BCUT2D eigenvalue weighted by atomic mass is 9.96. The molecule has 110 valence electrons. The van der Waals surface area contributed by atoms with Crippen LogP contribution in [0.5, 0.6) is 0 Å². The maximum atomic E-state index is 11.6. The second-order valence-electron chi connectivity index (χ2n) is 5.23. The molecule has 0 radical (unpaired) electrons. The van der Waals surface area contributed by atoms with Crippen molar-refractivity contribution in [2.24, 2.45) is 17.6 Å². The average Bonchev–Trinajstić information content (AvgIpc) is 2.93. The highest BCUT2D eigenvalue weighted by Crippen LogP contribution is 2.30. The monoisotopic (exact) mass is 277 g/mol. The first kappa shape index (κ1) is 14.7. The van der Waals surface area contributed by atoms with Crippen LogP contribution in [0.3, 0.4) is 0 Å². The van der Waals surface area contributed by atoms with Crippen LogP contribution in [0.15, 0.2) is 12.1 Å². The van der Waals surface area contributed by atoms with Gasteiger partial charge in [-0.2, -0.15) is 0 Å². The van der Waals surface area contributed by atoms with Crippen LogP contribution in [0.1, 0.15) is 36.7 Å². The molecule has 6 nitrogen and oxygen atoms in total. The fraction of sp³-hybridized carbons (Fsp3) is 0.643. The maximum Gasteiger partial charge on any atom is 0.271 e. The van der Waals surface area contributed by atoms with Gasteiger partial charge in [0.05, 0.1) is 0 Å². The van der Waals surface area contributed by atoms with Crippen LogP contribution in [-0.2, 0) is 0 Å². The number of hydrogen-bond acceptors (Lipinski definition) is 5. The molecule has 0 aromatic carbocycles. The van der Waals surface area contributed by atoms with E-state index in [1.165, 1.54) is 19.3 Å². The molecule has 0 bridgehead atoms. The summed E-state index contributed by atoms with van der Waals surface area (Å²) in [5, 5.41) is 14.0. The second-order valence-corrected chi connectivity index (χ2v) is 5.23. The summed E-state index contributed by atoms with van der Waals surface area (Å²) in [6.07, 6.45) is 3.71. The Bertz CT molecular complexity index is 434. The standard InChI is InChI=1S/C14H23N5O/c1-2-16-14(20)12-6-7-13(19-18-12)17-9-11-5-3-4-10(11)8-15/h6-7,10-11H,2-5,8-9,15H2,1H3,(H,16,20)(H,17,19). The molecule has 1 fully saturated rings. The van der Waals surface area contributed by atoms with E-state index in [1.807, 2.05) is 6.92 Å². The predicted molar refractivity (Wildman–Crippen MR) is 78.4 cm³/mol. The normalized spacial score (nSPS) is 21.7. The zero-order chi connectivity index (χ0) is 14.4. The third kappa shape index (κ3) is 3.66. The Morgan fingerprint density at radius 2 is 2.15 bits per heavy atom. The van der Waals surface area contributed by atoms with E-state index in [0.29, 0.717) is 29.9 Å². The van der Waals surface area contributed by atoms with E-state index in [-0.39, 0.29) is 5.91 Å². The molecule has 1 amide bonds. The van der Waals surface area contributed by atoms with Crippen LogP contribution in [-0.4, -0.2) is 35.7 Å². The molecule has 4 N–H and O–H groups in total. The number of carbonyl (C=O) groups excluding carboxylic acids is 1. The van der Waals surface area contributed by atoms with Gasteiger partial charge in [-0.15, -0.1) is 10.2 Å². The first-order valence-corrected chi connectivity index (χ1v) is 7.30. The Balaban J connectivity index is 1.86. The quantitative estimate of drug-likeness (QED) is 0.721. The molecule has 2 atom stereocenters. The molecule has 0 aliphatic heterocycles. The molecule has 6 heteroatoms. The van der Waals surface area contributed by atoms with Crippen molar-refractivity contribution in [3.05, 3.63) is 17.8 Å². The van der Waals surface area contributed by atoms with Crippen molar-refractivity contribution in [1.82, 2.24) is 15.5 Å². The summed E-state index contributed by atoms with van der Waals surface area (Å²) in [5.74, 6) is 1.75. The van der Waals surface area contributed by atoms with Gasteiger partial charge in [-0.25, -0.2) is 0 Å². The van der Waals surface area contributed by atoms with Crippen LogP contribution in [0.2, 0.25) is 0 Å². The zero-order valence-corrected chi connectivity index (χ0v) is 11.9. The SMILES string of the molecule is CCNC(=O)c1ccc(NCC2CCCC2CN)nn1. The Hall–Kier alpha value is -1.69. The Morgan fingerprint density at radius 3 is 2.80 bits per heavy atom. The van der Waals surface area contributed by atoms with E-state index >= 15 is 0 Å². The number of rotatable bonds is 6. The molecule has 0 saturated heterocycles. The fourth-order valence-electron chi connectivity index (χ4n) is 2.73. The molecule has 0 spiro atoms. The summed E-state index contributed by atoms with van der Waals surface area (Å²) >= 11 is 0. The highest BCUT2D eigenvalue weighted by molar-refractivity contribution is 5.92. The third-order valence-corrected chi connectivity index (χ3v) is 3.90. The maximum absolute atomic E-state index is 11.6. The van der Waals surface area contributed by atoms with Gasteiger partial charge in [0.25, 0.3) is 5.91 Å². The molecule has 1 aliphatic rings. The first-order valence-electron chi connectivity index (χ1n) is 7.30. The highest BCUT2D eigenvalue weighted by Gasteiger charge is 2.25. The molecular formula is C14H23N5O. The number of aromatic nitrogens is 2. The summed E-state index contributed by atoms with van der Waals surface area (Å²) in [5.41, 5.74) is 6.12. The van der Waals surface area contributed by atoms with Gasteiger partial charge < -0.3 is 16.4 Å². The van der Waals surface area contributed by atoms with Gasteiger partial charge in [0.15, 0.2) is 5.69 Å². The molecular weight excluding hydrogens is 254 g/mol. The molecule has 1 aliphatic carbocycles. The van der Waals surface area contributed by atoms with Crippen molar-refractivity contribution >= 4 is 11.7 Å². The van der Waals surface area contributed by atoms with Gasteiger partial charge in [-0.3, -0.25) is 4.79 Å². The Kier molecular flexibility index (Phi) is 5.29. The molecule has 1 heterocycles. The summed E-state index contributed by atoms with van der Waals surface area (Å²) < 4.78 is 0. The lowest BCUT2D eigenvalue weighted by Gasteiger charge is -2.18. The minimum Gasteiger partial charge on any atom is -0.368 e. The van der Waals surface area contributed by atoms with Crippen LogP contribution < -0.4 is 16.4 Å². The highest BCUT2D eigenvalue weighted by atomic mass is 16.1. The summed E-state index contributed by atoms with van der Waals surface area (Å²) in [4.78, 5) is 11.6. The van der Waals surface area contributed by atoms with Gasteiger partial charge in [0, 0.05) is 13.1 Å². The number of amides is 1. The second kappa shape index (κ2) is 7.19. The van der Waals surface area contributed by atoms with E-state index in [0.717, 1.165) is 13.1 Å². The van der Waals surface area contributed by atoms with Crippen LogP contribution in [0.25, 0.3) is 0 Å². The number of nitrogens with one attached hydrogen (secondary N) is 2. The summed E-state index contributed by atoms with van der Waals surface area (Å²) in [6, 6.07) is 3.49. The van der Waals surface area contributed by atoms with Gasteiger partial charge in [-0.05, 0) is 50.3 Å². The average molecular weight is 277 g/mol. The molecule has 1 saturated carbocycles. The summed E-state index contributed by atoms with van der Waals surface area (Å²) in [6.45, 7) is 4.09. The van der Waals surface area contributed by atoms with E-state index in [9.17, 15) is 4.79 Å². The molecule has 2 rings (SSSR count). The molecule has 1 aromatic rings. The minimum absolute atomic E-state index is 0.189. The van der Waals surface area contributed by atoms with E-state index in [1.54, 1.807) is 12.1 Å². The van der Waals surface area contributed by atoms with Crippen molar-refractivity contribution < 1.29 is 4.79 Å².